The molecule has 1 aliphatic rings. The Labute approximate surface area is 225 Å². The van der Waals surface area contributed by atoms with E-state index in [4.69, 9.17) is 4.74 Å². The summed E-state index contributed by atoms with van der Waals surface area (Å²) in [6, 6.07) is 23.9. The lowest BCUT2D eigenvalue weighted by Gasteiger charge is -2.43. The molecule has 6 nitrogen and oxygen atoms in total. The number of carbonyl (C=O) groups excluding carboxylic acids is 2. The number of piperidine rings is 1. The first kappa shape index (κ1) is 28.0. The Morgan fingerprint density at radius 3 is 2.21 bits per heavy atom. The average Bonchev–Trinajstić information content (AvgIpc) is 2.92. The molecule has 1 aliphatic heterocycles. The molecule has 2 amide bonds. The van der Waals surface area contributed by atoms with E-state index >= 15 is 0 Å². The first-order valence-electron chi connectivity index (χ1n) is 12.7. The maximum Gasteiger partial charge on any atom is 0.573 e. The van der Waals surface area contributed by atoms with E-state index in [-0.39, 0.29) is 37.0 Å². The molecule has 1 heterocycles. The molecule has 0 radical (unpaired) electrons. The predicted molar refractivity (Wildman–Crippen MR) is 140 cm³/mol. The number of likely N-dealkylation sites (tertiary alicyclic amines) is 1. The van der Waals surface area contributed by atoms with Crippen LogP contribution < -0.4 is 9.47 Å². The van der Waals surface area contributed by atoms with Gasteiger partial charge in [-0.1, -0.05) is 48.5 Å². The van der Waals surface area contributed by atoms with Gasteiger partial charge in [-0.25, -0.2) is 0 Å². The summed E-state index contributed by atoms with van der Waals surface area (Å²) in [7, 11) is 1.76. The smallest absolute Gasteiger partial charge is 0.493 e. The Bertz CT molecular complexity index is 1240. The van der Waals surface area contributed by atoms with E-state index in [1.807, 2.05) is 60.7 Å². The van der Waals surface area contributed by atoms with Gasteiger partial charge in [0.05, 0.1) is 6.61 Å². The first-order valence-corrected chi connectivity index (χ1v) is 12.7. The zero-order valence-corrected chi connectivity index (χ0v) is 21.7. The van der Waals surface area contributed by atoms with Crippen LogP contribution in [0.15, 0.2) is 84.9 Å². The third kappa shape index (κ3) is 7.99. The summed E-state index contributed by atoms with van der Waals surface area (Å²) < 4.78 is 47.6. The molecule has 1 atom stereocenters. The molecule has 0 spiro atoms. The Hall–Kier alpha value is -4.01. The lowest BCUT2D eigenvalue weighted by Crippen LogP contribution is -2.50. The van der Waals surface area contributed by atoms with Crippen LogP contribution in [0.25, 0.3) is 0 Å². The molecular weight excluding hydrogens is 509 g/mol. The lowest BCUT2D eigenvalue weighted by molar-refractivity contribution is -0.274. The van der Waals surface area contributed by atoms with Crippen molar-refractivity contribution in [3.8, 4) is 11.5 Å². The molecule has 39 heavy (non-hydrogen) atoms. The van der Waals surface area contributed by atoms with Crippen molar-refractivity contribution < 1.29 is 32.2 Å². The van der Waals surface area contributed by atoms with Crippen LogP contribution in [0.2, 0.25) is 0 Å². The number of nitrogens with zero attached hydrogens (tertiary/aromatic N) is 2. The van der Waals surface area contributed by atoms with Gasteiger partial charge in [0.25, 0.3) is 5.91 Å². The fourth-order valence-electron chi connectivity index (χ4n) is 4.83. The zero-order valence-electron chi connectivity index (χ0n) is 21.7. The summed E-state index contributed by atoms with van der Waals surface area (Å²) in [4.78, 5) is 30.1. The number of benzene rings is 3. The maximum atomic E-state index is 13.4. The van der Waals surface area contributed by atoms with Gasteiger partial charge in [0.15, 0.2) is 0 Å². The van der Waals surface area contributed by atoms with Gasteiger partial charge in [0.1, 0.15) is 11.5 Å². The SMILES string of the molecule is CN(Cc1ccccc1)C(=O)C[C@]1(COc2ccccc2)CCCN(C(=O)c2ccc(OC(F)(F)F)cc2)C1. The molecule has 3 aromatic rings. The number of halogens is 3. The Balaban J connectivity index is 1.50. The lowest BCUT2D eigenvalue weighted by atomic mass is 9.77. The number of hydrogen-bond acceptors (Lipinski definition) is 4. The first-order chi connectivity index (χ1) is 18.6. The predicted octanol–water partition coefficient (Wildman–Crippen LogP) is 5.94. The van der Waals surface area contributed by atoms with E-state index in [0.29, 0.717) is 31.7 Å². The Morgan fingerprint density at radius 2 is 1.56 bits per heavy atom. The molecule has 0 unspecified atom stereocenters. The molecule has 0 N–H and O–H groups in total. The number of ether oxygens (including phenoxy) is 2. The van der Waals surface area contributed by atoms with Gasteiger partial charge in [-0.15, -0.1) is 13.2 Å². The summed E-state index contributed by atoms with van der Waals surface area (Å²) in [6.07, 6.45) is -3.27. The van der Waals surface area contributed by atoms with Crippen molar-refractivity contribution in [3.63, 3.8) is 0 Å². The maximum absolute atomic E-state index is 13.4. The van der Waals surface area contributed by atoms with E-state index in [9.17, 15) is 22.8 Å². The van der Waals surface area contributed by atoms with Crippen molar-refractivity contribution in [2.24, 2.45) is 5.41 Å². The highest BCUT2D eigenvalue weighted by Gasteiger charge is 2.41. The van der Waals surface area contributed by atoms with E-state index in [1.54, 1.807) is 16.8 Å². The molecule has 1 fully saturated rings. The Morgan fingerprint density at radius 1 is 0.923 bits per heavy atom. The van der Waals surface area contributed by atoms with Crippen LogP contribution in [-0.2, 0) is 11.3 Å². The van der Waals surface area contributed by atoms with Gasteiger partial charge in [-0.3, -0.25) is 9.59 Å². The third-order valence-electron chi connectivity index (χ3n) is 6.79. The molecule has 206 valence electrons. The van der Waals surface area contributed by atoms with Crippen molar-refractivity contribution in [1.29, 1.82) is 0 Å². The monoisotopic (exact) mass is 540 g/mol. The summed E-state index contributed by atoms with van der Waals surface area (Å²) in [5.41, 5.74) is 0.628. The zero-order chi connectivity index (χ0) is 27.9. The van der Waals surface area contributed by atoms with Crippen LogP contribution in [0, 0.1) is 5.41 Å². The number of rotatable bonds is 9. The summed E-state index contributed by atoms with van der Waals surface area (Å²) in [6.45, 7) is 1.46. The van der Waals surface area contributed by atoms with Crippen LogP contribution in [0.4, 0.5) is 13.2 Å². The molecular formula is C30H31F3N2O4. The van der Waals surface area contributed by atoms with Gasteiger partial charge in [-0.2, -0.15) is 0 Å². The highest BCUT2D eigenvalue weighted by Crippen LogP contribution is 2.36. The van der Waals surface area contributed by atoms with Gasteiger partial charge in [0.2, 0.25) is 5.91 Å². The number of amides is 2. The summed E-state index contributed by atoms with van der Waals surface area (Å²) >= 11 is 0. The molecule has 1 saturated heterocycles. The van der Waals surface area contributed by atoms with Crippen LogP contribution in [-0.4, -0.2) is 54.7 Å². The summed E-state index contributed by atoms with van der Waals surface area (Å²) in [5, 5.41) is 0. The van der Waals surface area contributed by atoms with Crippen molar-refractivity contribution >= 4 is 11.8 Å². The van der Waals surface area contributed by atoms with E-state index < -0.39 is 17.5 Å². The molecule has 0 aromatic heterocycles. The van der Waals surface area contributed by atoms with Crippen molar-refractivity contribution in [2.75, 3.05) is 26.7 Å². The number of carbonyl (C=O) groups is 2. The third-order valence-corrected chi connectivity index (χ3v) is 6.79. The second-order valence-corrected chi connectivity index (χ2v) is 9.92. The number of hydrogen-bond donors (Lipinski definition) is 0. The number of para-hydroxylation sites is 1. The molecule has 0 saturated carbocycles. The van der Waals surface area contributed by atoms with E-state index in [1.165, 1.54) is 12.1 Å². The minimum atomic E-state index is -4.81. The second kappa shape index (κ2) is 12.2. The highest BCUT2D eigenvalue weighted by molar-refractivity contribution is 5.94. The van der Waals surface area contributed by atoms with Gasteiger partial charge < -0.3 is 19.3 Å². The molecule has 3 aromatic carbocycles. The largest absolute Gasteiger partial charge is 0.573 e. The van der Waals surface area contributed by atoms with E-state index in [2.05, 4.69) is 4.74 Å². The van der Waals surface area contributed by atoms with Gasteiger partial charge >= 0.3 is 6.36 Å². The molecule has 9 heteroatoms. The van der Waals surface area contributed by atoms with Crippen molar-refractivity contribution in [1.82, 2.24) is 9.80 Å². The molecule has 0 bridgehead atoms. The topological polar surface area (TPSA) is 59.1 Å². The van der Waals surface area contributed by atoms with Crippen LogP contribution >= 0.6 is 0 Å². The quantitative estimate of drug-likeness (QED) is 0.337. The van der Waals surface area contributed by atoms with E-state index in [0.717, 1.165) is 17.7 Å². The average molecular weight is 541 g/mol. The molecule has 0 aliphatic carbocycles. The van der Waals surface area contributed by atoms with Crippen LogP contribution in [0.1, 0.15) is 35.2 Å². The Kier molecular flexibility index (Phi) is 8.79. The normalized spacial score (nSPS) is 17.4. The van der Waals surface area contributed by atoms with Crippen LogP contribution in [0.5, 0.6) is 11.5 Å². The van der Waals surface area contributed by atoms with Crippen molar-refractivity contribution in [2.45, 2.75) is 32.2 Å². The highest BCUT2D eigenvalue weighted by atomic mass is 19.4. The second-order valence-electron chi connectivity index (χ2n) is 9.92. The number of alkyl halides is 3. The minimum absolute atomic E-state index is 0.0570. The van der Waals surface area contributed by atoms with Crippen molar-refractivity contribution in [3.05, 3.63) is 96.1 Å². The summed E-state index contributed by atoms with van der Waals surface area (Å²) in [5.74, 6) is -0.0954. The fraction of sp³-hybridized carbons (Fsp3) is 0.333. The van der Waals surface area contributed by atoms with Gasteiger partial charge in [-0.05, 0) is 54.8 Å². The van der Waals surface area contributed by atoms with Crippen LogP contribution in [0.3, 0.4) is 0 Å². The minimum Gasteiger partial charge on any atom is -0.493 e. The van der Waals surface area contributed by atoms with Gasteiger partial charge in [0, 0.05) is 44.1 Å². The fourth-order valence-corrected chi connectivity index (χ4v) is 4.83. The standard InChI is InChI=1S/C30H31F3N2O4/c1-34(20-23-9-4-2-5-10-23)27(36)19-29(22-38-25-11-6-3-7-12-25)17-8-18-35(21-29)28(37)24-13-15-26(16-14-24)39-30(31,32)33/h2-7,9-16H,8,17-22H2,1H3/t29-/m1/s1. The molecule has 4 rings (SSSR count).